The molecule has 2 aromatic heterocycles. The van der Waals surface area contributed by atoms with Crippen LogP contribution in [0.25, 0.3) is 21.8 Å². The zero-order valence-corrected chi connectivity index (χ0v) is 24.9. The molecule has 1 fully saturated rings. The Balaban J connectivity index is 0.836. The van der Waals surface area contributed by atoms with Crippen LogP contribution in [0.15, 0.2) is 54.9 Å². The van der Waals surface area contributed by atoms with E-state index in [1.807, 2.05) is 12.3 Å². The molecular weight excluding hydrogens is 578 g/mol. The number of hydrogen-bond acceptors (Lipinski definition) is 8. The van der Waals surface area contributed by atoms with Gasteiger partial charge in [0.1, 0.15) is 12.4 Å². The Morgan fingerprint density at radius 3 is 2.71 bits per heavy atom. The van der Waals surface area contributed by atoms with E-state index in [1.54, 1.807) is 24.4 Å². The fraction of sp³-hybridized carbons (Fsp3) is 0.394. The quantitative estimate of drug-likeness (QED) is 0.158. The average molecular weight is 616 g/mol. The highest BCUT2D eigenvalue weighted by Crippen LogP contribution is 2.39. The van der Waals surface area contributed by atoms with Crippen molar-refractivity contribution in [2.24, 2.45) is 0 Å². The Morgan fingerprint density at radius 2 is 1.87 bits per heavy atom. The molecule has 0 radical (unpaired) electrons. The van der Waals surface area contributed by atoms with E-state index in [9.17, 15) is 19.5 Å². The van der Waals surface area contributed by atoms with E-state index in [-0.39, 0.29) is 30.4 Å². The zero-order valence-electron chi connectivity index (χ0n) is 24.9. The van der Waals surface area contributed by atoms with Crippen LogP contribution >= 0.6 is 0 Å². The summed E-state index contributed by atoms with van der Waals surface area (Å²) in [5.74, 6) is 0.0120. The molecule has 2 aromatic carbocycles. The minimum absolute atomic E-state index is 0.0278. The van der Waals surface area contributed by atoms with Crippen molar-refractivity contribution >= 4 is 39.5 Å². The third kappa shape index (κ3) is 6.93. The Labute approximate surface area is 260 Å². The first kappa shape index (κ1) is 30.5. The summed E-state index contributed by atoms with van der Waals surface area (Å²) in [7, 11) is 0. The lowest BCUT2D eigenvalue weighted by Crippen LogP contribution is -2.49. The zero-order chi connectivity index (χ0) is 31.2. The highest BCUT2D eigenvalue weighted by atomic mass is 16.5. The summed E-state index contributed by atoms with van der Waals surface area (Å²) in [4.78, 5) is 46.0. The van der Waals surface area contributed by atoms with Crippen LogP contribution in [0.3, 0.4) is 0 Å². The molecule has 12 nitrogen and oxygen atoms in total. The molecule has 12 heteroatoms. The van der Waals surface area contributed by atoms with Crippen molar-refractivity contribution in [3.8, 4) is 5.75 Å². The number of piperidine rings is 1. The van der Waals surface area contributed by atoms with E-state index >= 15 is 0 Å². The van der Waals surface area contributed by atoms with E-state index in [0.717, 1.165) is 27.4 Å². The number of aliphatic hydroxyl groups excluding tert-OH is 1. The van der Waals surface area contributed by atoms with Gasteiger partial charge in [-0.15, -0.1) is 0 Å². The maximum atomic E-state index is 13.2. The van der Waals surface area contributed by atoms with Crippen molar-refractivity contribution in [3.05, 3.63) is 71.5 Å². The summed E-state index contributed by atoms with van der Waals surface area (Å²) in [6.07, 6.45) is 4.40. The van der Waals surface area contributed by atoms with Crippen molar-refractivity contribution in [2.75, 3.05) is 46.1 Å². The largest absolute Gasteiger partial charge is 0.490 e. The number of aryl methyl sites for hydroxylation is 1. The van der Waals surface area contributed by atoms with Crippen LogP contribution in [0.5, 0.6) is 5.75 Å². The second-order valence-corrected chi connectivity index (χ2v) is 11.2. The van der Waals surface area contributed by atoms with Gasteiger partial charge in [0.15, 0.2) is 6.23 Å². The number of ether oxygens (including phenoxy) is 3. The monoisotopic (exact) mass is 615 g/mol. The van der Waals surface area contributed by atoms with Crippen molar-refractivity contribution in [1.82, 2.24) is 25.5 Å². The van der Waals surface area contributed by atoms with Gasteiger partial charge in [0, 0.05) is 65.7 Å². The van der Waals surface area contributed by atoms with Crippen molar-refractivity contribution in [3.63, 3.8) is 0 Å². The predicted octanol–water partition coefficient (Wildman–Crippen LogP) is 2.60. The molecule has 2 aliphatic rings. The van der Waals surface area contributed by atoms with E-state index in [4.69, 9.17) is 14.2 Å². The molecule has 4 N–H and O–H groups in total. The molecule has 2 aliphatic heterocycles. The number of benzene rings is 2. The smallest absolute Gasteiger partial charge is 0.260 e. The molecule has 1 saturated heterocycles. The number of rotatable bonds is 14. The normalized spacial score (nSPS) is 17.9. The SMILES string of the molecule is O=C(CCc1ccc2c(c1)[nH]c1ccncc12)NCCOCCOCCOc1cccc2c1C(=O)N(C1CCC(=O)NC1)C2O. The molecule has 236 valence electrons. The van der Waals surface area contributed by atoms with Gasteiger partial charge in [-0.25, -0.2) is 0 Å². The fourth-order valence-corrected chi connectivity index (χ4v) is 5.91. The summed E-state index contributed by atoms with van der Waals surface area (Å²) in [6.45, 7) is 2.35. The average Bonchev–Trinajstić information content (AvgIpc) is 3.55. The molecule has 0 saturated carbocycles. The van der Waals surface area contributed by atoms with Gasteiger partial charge < -0.3 is 39.8 Å². The number of carbonyl (C=O) groups is 3. The van der Waals surface area contributed by atoms with Gasteiger partial charge in [-0.3, -0.25) is 19.4 Å². The number of carbonyl (C=O) groups excluding carboxylic acids is 3. The Morgan fingerprint density at radius 1 is 1.02 bits per heavy atom. The number of aliphatic hydroxyl groups is 1. The molecular formula is C33H37N5O7. The first-order valence-corrected chi connectivity index (χ1v) is 15.3. The van der Waals surface area contributed by atoms with Crippen molar-refractivity contribution in [2.45, 2.75) is 38.0 Å². The first-order chi connectivity index (χ1) is 22.0. The molecule has 0 aliphatic carbocycles. The number of nitrogens with zero attached hydrogens (tertiary/aromatic N) is 2. The maximum absolute atomic E-state index is 13.2. The number of nitrogens with one attached hydrogen (secondary N) is 3. The van der Waals surface area contributed by atoms with Gasteiger partial charge in [-0.1, -0.05) is 24.3 Å². The van der Waals surface area contributed by atoms with Gasteiger partial charge in [-0.2, -0.15) is 0 Å². The summed E-state index contributed by atoms with van der Waals surface area (Å²) in [6, 6.07) is 13.0. The molecule has 6 rings (SSSR count). The van der Waals surface area contributed by atoms with E-state index < -0.39 is 6.23 Å². The van der Waals surface area contributed by atoms with Crippen molar-refractivity contribution in [1.29, 1.82) is 0 Å². The number of fused-ring (bicyclic) bond motifs is 4. The Kier molecular flexibility index (Phi) is 9.53. The van der Waals surface area contributed by atoms with Crippen molar-refractivity contribution < 1.29 is 33.7 Å². The predicted molar refractivity (Wildman–Crippen MR) is 166 cm³/mol. The molecule has 2 atom stereocenters. The lowest BCUT2D eigenvalue weighted by Gasteiger charge is -2.33. The van der Waals surface area contributed by atoms with Crippen LogP contribution in [0.2, 0.25) is 0 Å². The number of amides is 3. The van der Waals surface area contributed by atoms with E-state index in [0.29, 0.717) is 82.1 Å². The van der Waals surface area contributed by atoms with Gasteiger partial charge in [0.05, 0.1) is 38.0 Å². The van der Waals surface area contributed by atoms with E-state index in [1.165, 1.54) is 4.90 Å². The topological polar surface area (TPSA) is 155 Å². The second kappa shape index (κ2) is 14.1. The van der Waals surface area contributed by atoms with Crippen LogP contribution in [-0.4, -0.2) is 89.9 Å². The minimum Gasteiger partial charge on any atom is -0.490 e. The first-order valence-electron chi connectivity index (χ1n) is 15.3. The summed E-state index contributed by atoms with van der Waals surface area (Å²) < 4.78 is 17.0. The Hall–Kier alpha value is -4.52. The summed E-state index contributed by atoms with van der Waals surface area (Å²) >= 11 is 0. The lowest BCUT2D eigenvalue weighted by atomic mass is 10.1. The summed E-state index contributed by atoms with van der Waals surface area (Å²) in [5.41, 5.74) is 4.02. The van der Waals surface area contributed by atoms with Gasteiger partial charge in [-0.05, 0) is 36.6 Å². The van der Waals surface area contributed by atoms with Crippen LogP contribution in [0, 0.1) is 0 Å². The molecule has 0 bridgehead atoms. The molecule has 4 heterocycles. The number of hydrogen-bond donors (Lipinski definition) is 4. The second-order valence-electron chi connectivity index (χ2n) is 11.2. The summed E-state index contributed by atoms with van der Waals surface area (Å²) in [5, 5.41) is 18.7. The number of aromatic nitrogens is 2. The number of aromatic amines is 1. The minimum atomic E-state index is -1.08. The molecule has 0 spiro atoms. The molecule has 3 amide bonds. The number of H-pyrrole nitrogens is 1. The highest BCUT2D eigenvalue weighted by Gasteiger charge is 2.42. The fourth-order valence-electron chi connectivity index (χ4n) is 5.91. The van der Waals surface area contributed by atoms with Crippen LogP contribution < -0.4 is 15.4 Å². The Bertz CT molecular complexity index is 1680. The molecule has 45 heavy (non-hydrogen) atoms. The van der Waals surface area contributed by atoms with Gasteiger partial charge >= 0.3 is 0 Å². The van der Waals surface area contributed by atoms with Gasteiger partial charge in [0.2, 0.25) is 11.8 Å². The molecule has 2 unspecified atom stereocenters. The molecule has 4 aromatic rings. The van der Waals surface area contributed by atoms with Crippen LogP contribution in [0.1, 0.15) is 47.0 Å². The maximum Gasteiger partial charge on any atom is 0.260 e. The lowest BCUT2D eigenvalue weighted by molar-refractivity contribution is -0.124. The van der Waals surface area contributed by atoms with Gasteiger partial charge in [0.25, 0.3) is 5.91 Å². The van der Waals surface area contributed by atoms with E-state index in [2.05, 4.69) is 38.8 Å². The third-order valence-electron chi connectivity index (χ3n) is 8.21. The van der Waals surface area contributed by atoms with Crippen LogP contribution in [-0.2, 0) is 25.5 Å². The van der Waals surface area contributed by atoms with Crippen LogP contribution in [0.4, 0.5) is 0 Å². The third-order valence-corrected chi connectivity index (χ3v) is 8.21. The standard InChI is InChI=1S/C33H37N5O7/c39-29(8-5-21-4-7-23-25-20-34-11-10-26(25)37-27(23)18-21)35-12-13-43-14-15-44-16-17-45-28-3-1-2-24-31(28)33(42)38(32(24)41)22-6-9-30(40)36-19-22/h1-4,7,10-11,18,20,22,32,37,41H,5-6,8-9,12-17,19H2,(H,35,39)(H,36,40). The number of pyridine rings is 1. The highest BCUT2D eigenvalue weighted by molar-refractivity contribution is 6.06.